The maximum atomic E-state index is 13.6. The van der Waals surface area contributed by atoms with E-state index in [1.54, 1.807) is 6.07 Å². The smallest absolute Gasteiger partial charge is 0.488 e. The first kappa shape index (κ1) is 29.0. The van der Waals surface area contributed by atoms with Gasteiger partial charge in [-0.25, -0.2) is 0 Å². The predicted molar refractivity (Wildman–Crippen MR) is 147 cm³/mol. The van der Waals surface area contributed by atoms with E-state index in [2.05, 4.69) is 0 Å². The second kappa shape index (κ2) is 12.0. The van der Waals surface area contributed by atoms with Crippen molar-refractivity contribution in [2.45, 2.75) is 32.3 Å². The van der Waals surface area contributed by atoms with Gasteiger partial charge in [0.05, 0.1) is 41.9 Å². The predicted octanol–water partition coefficient (Wildman–Crippen LogP) is 1.38. The van der Waals surface area contributed by atoms with E-state index in [1.807, 2.05) is 13.0 Å². The summed E-state index contributed by atoms with van der Waals surface area (Å²) in [5, 5.41) is 60.7. The molecule has 0 unspecified atom stereocenters. The number of phenols is 1. The number of carbonyl (C=O) groups is 2. The first-order chi connectivity index (χ1) is 18.6. The van der Waals surface area contributed by atoms with Gasteiger partial charge in [-0.1, -0.05) is 35.4 Å². The van der Waals surface area contributed by atoms with Crippen LogP contribution >= 0.6 is 11.6 Å². The van der Waals surface area contributed by atoms with Gasteiger partial charge in [0, 0.05) is 5.92 Å². The van der Waals surface area contributed by atoms with E-state index < -0.39 is 56.0 Å². The number of anilines is 1. The fraction of sp³-hybridized carbons (Fsp3) is 0.357. The van der Waals surface area contributed by atoms with Gasteiger partial charge in [0.1, 0.15) is 5.75 Å². The maximum Gasteiger partial charge on any atom is 0.488 e. The fourth-order valence-corrected chi connectivity index (χ4v) is 5.90. The number of allylic oxidation sites excluding steroid dienone is 1. The summed E-state index contributed by atoms with van der Waals surface area (Å²) in [5.41, 5.74) is 2.70. The molecule has 0 saturated carbocycles. The van der Waals surface area contributed by atoms with Gasteiger partial charge in [-0.3, -0.25) is 14.5 Å². The second-order valence-corrected chi connectivity index (χ2v) is 10.5. The summed E-state index contributed by atoms with van der Waals surface area (Å²) in [5.74, 6) is -3.63. The molecule has 1 saturated heterocycles. The third-order valence-corrected chi connectivity index (χ3v) is 7.88. The monoisotopic (exact) mass is 555 g/mol. The highest BCUT2D eigenvalue weighted by Crippen LogP contribution is 2.47. The van der Waals surface area contributed by atoms with E-state index in [9.17, 15) is 40.1 Å². The lowest BCUT2D eigenvalue weighted by molar-refractivity contribution is -0.123. The largest absolute Gasteiger partial charge is 0.508 e. The van der Waals surface area contributed by atoms with Gasteiger partial charge >= 0.3 is 7.12 Å². The van der Waals surface area contributed by atoms with Crippen molar-refractivity contribution in [3.8, 4) is 5.75 Å². The Labute approximate surface area is 231 Å². The van der Waals surface area contributed by atoms with Gasteiger partial charge in [0.2, 0.25) is 11.8 Å². The Morgan fingerprint density at radius 3 is 2.54 bits per heavy atom. The highest BCUT2D eigenvalue weighted by Gasteiger charge is 2.55. The summed E-state index contributed by atoms with van der Waals surface area (Å²) in [6.45, 7) is 0.932. The molecule has 1 heterocycles. The molecular weight excluding hydrogens is 525 g/mol. The van der Waals surface area contributed by atoms with Crippen LogP contribution in [0, 0.1) is 17.8 Å². The van der Waals surface area contributed by atoms with E-state index in [-0.39, 0.29) is 29.7 Å². The molecule has 4 rings (SSSR count). The number of aromatic hydroxyl groups is 1. The molecule has 6 N–H and O–H groups in total. The Morgan fingerprint density at radius 1 is 1.15 bits per heavy atom. The Balaban J connectivity index is 1.57. The molecular formula is C28H31BClNO8. The molecule has 0 aromatic heterocycles. The number of carbonyl (C=O) groups excluding carboxylic acids is 2. The lowest BCUT2D eigenvalue weighted by Crippen LogP contribution is -2.39. The minimum absolute atomic E-state index is 0.0524. The number of rotatable bonds is 9. The molecule has 4 atom stereocenters. The zero-order valence-corrected chi connectivity index (χ0v) is 22.1. The van der Waals surface area contributed by atoms with Crippen LogP contribution in [0.25, 0.3) is 6.08 Å². The Kier molecular flexibility index (Phi) is 8.95. The number of fused-ring (bicyclic) bond motifs is 1. The fourth-order valence-electron chi connectivity index (χ4n) is 5.68. The average Bonchev–Trinajstić information content (AvgIpc) is 3.16. The van der Waals surface area contributed by atoms with Crippen molar-refractivity contribution in [2.75, 3.05) is 18.1 Å². The molecule has 1 fully saturated rings. The van der Waals surface area contributed by atoms with Crippen LogP contribution in [0.1, 0.15) is 31.7 Å². The van der Waals surface area contributed by atoms with Crippen LogP contribution in [0.5, 0.6) is 5.75 Å². The van der Waals surface area contributed by atoms with E-state index >= 15 is 0 Å². The van der Waals surface area contributed by atoms with Crippen LogP contribution in [0.3, 0.4) is 0 Å². The molecule has 2 aliphatic rings. The molecule has 2 amide bonds. The summed E-state index contributed by atoms with van der Waals surface area (Å²) in [4.78, 5) is 27.9. The van der Waals surface area contributed by atoms with Crippen LogP contribution in [0.15, 0.2) is 59.2 Å². The first-order valence-corrected chi connectivity index (χ1v) is 13.1. The summed E-state index contributed by atoms with van der Waals surface area (Å²) < 4.78 is 0. The molecule has 0 bridgehead atoms. The van der Waals surface area contributed by atoms with Crippen LogP contribution in [0.2, 0.25) is 5.02 Å². The number of phenolic OH excluding ortho intramolecular Hbond substituents is 1. The molecule has 1 aliphatic heterocycles. The van der Waals surface area contributed by atoms with Gasteiger partial charge in [-0.15, -0.1) is 0 Å². The normalized spacial score (nSPS) is 22.4. The van der Waals surface area contributed by atoms with E-state index in [1.165, 1.54) is 36.4 Å². The zero-order chi connectivity index (χ0) is 28.4. The van der Waals surface area contributed by atoms with Crippen molar-refractivity contribution >= 4 is 47.8 Å². The molecule has 2 aromatic carbocycles. The van der Waals surface area contributed by atoms with Gasteiger partial charge < -0.3 is 30.5 Å². The molecule has 0 radical (unpaired) electrons. The van der Waals surface area contributed by atoms with Crippen molar-refractivity contribution in [2.24, 2.45) is 17.8 Å². The van der Waals surface area contributed by atoms with Crippen LogP contribution in [0.4, 0.5) is 5.69 Å². The van der Waals surface area contributed by atoms with Crippen molar-refractivity contribution < 1.29 is 40.1 Å². The number of aliphatic hydroxyl groups is 3. The third-order valence-electron chi connectivity index (χ3n) is 7.56. The minimum atomic E-state index is -1.78. The highest BCUT2D eigenvalue weighted by atomic mass is 35.5. The summed E-state index contributed by atoms with van der Waals surface area (Å²) in [7, 11) is -1.78. The van der Waals surface area contributed by atoms with Crippen LogP contribution in [-0.2, 0) is 9.59 Å². The number of amides is 2. The minimum Gasteiger partial charge on any atom is -0.508 e. The molecule has 1 aliphatic carbocycles. The van der Waals surface area contributed by atoms with Crippen LogP contribution < -0.4 is 10.4 Å². The van der Waals surface area contributed by atoms with Gasteiger partial charge in [-0.05, 0) is 78.7 Å². The first-order valence-electron chi connectivity index (χ1n) is 12.7. The summed E-state index contributed by atoms with van der Waals surface area (Å²) in [6, 6.07) is 10.4. The maximum absolute atomic E-state index is 13.6. The molecule has 0 spiro atoms. The van der Waals surface area contributed by atoms with Gasteiger partial charge in [-0.2, -0.15) is 0 Å². The topological polar surface area (TPSA) is 159 Å². The average molecular weight is 556 g/mol. The summed E-state index contributed by atoms with van der Waals surface area (Å²) in [6.07, 6.45) is 1.51. The quantitative estimate of drug-likeness (QED) is 0.154. The molecule has 9 nitrogen and oxygen atoms in total. The Bertz CT molecular complexity index is 1330. The SMILES string of the molecule is C/C(=C\c1ccc(O)cc1Cl)CC[C@@H](O)C1=C(CO)C[C@H]2C(=O)N(c3cccc(B(O)O)c3)C(=O)[C@H]2[C@H]1CO. The van der Waals surface area contributed by atoms with Gasteiger partial charge in [0.15, 0.2) is 0 Å². The van der Waals surface area contributed by atoms with E-state index in [4.69, 9.17) is 11.6 Å². The van der Waals surface area contributed by atoms with Crippen molar-refractivity contribution in [1.29, 1.82) is 0 Å². The molecule has 39 heavy (non-hydrogen) atoms. The number of hydrogen-bond donors (Lipinski definition) is 6. The Hall–Kier alpha value is -2.99. The summed E-state index contributed by atoms with van der Waals surface area (Å²) >= 11 is 6.19. The van der Waals surface area contributed by atoms with E-state index in [0.29, 0.717) is 28.2 Å². The Morgan fingerprint density at radius 2 is 1.90 bits per heavy atom. The van der Waals surface area contributed by atoms with Crippen molar-refractivity contribution in [1.82, 2.24) is 0 Å². The zero-order valence-electron chi connectivity index (χ0n) is 21.4. The number of benzene rings is 2. The number of nitrogens with zero attached hydrogens (tertiary/aromatic N) is 1. The molecule has 11 heteroatoms. The molecule has 206 valence electrons. The second-order valence-electron chi connectivity index (χ2n) is 10.1. The standard InChI is InChI=1S/C28H31BClNO8/c1-15(9-16-6-7-20(34)12-23(16)30)5-8-24(35)25-17(13-32)10-21-26(22(25)14-33)28(37)31(27(21)36)19-4-2-3-18(11-19)29(38)39/h2-4,6-7,9,11-12,21-22,24,26,32-35,38-39H,5,8,10,13-14H2,1H3/b15-9+/t21-,22+,24-,26-/m1/s1. The third kappa shape index (κ3) is 5.81. The number of imide groups is 1. The van der Waals surface area contributed by atoms with Crippen LogP contribution in [-0.4, -0.2) is 68.7 Å². The van der Waals surface area contributed by atoms with E-state index in [0.717, 1.165) is 10.5 Å². The number of hydrogen-bond acceptors (Lipinski definition) is 8. The lowest BCUT2D eigenvalue weighted by atomic mass is 9.68. The highest BCUT2D eigenvalue weighted by molar-refractivity contribution is 6.58. The number of aliphatic hydroxyl groups excluding tert-OH is 3. The lowest BCUT2D eigenvalue weighted by Gasteiger charge is -2.36. The van der Waals surface area contributed by atoms with Crippen molar-refractivity contribution in [3.63, 3.8) is 0 Å². The molecule has 2 aromatic rings. The number of halogens is 1. The van der Waals surface area contributed by atoms with Crippen molar-refractivity contribution in [3.05, 3.63) is 69.8 Å². The van der Waals surface area contributed by atoms with Gasteiger partial charge in [0.25, 0.3) is 0 Å².